The molecule has 6 nitrogen and oxygen atoms in total. The van der Waals surface area contributed by atoms with E-state index in [9.17, 15) is 4.79 Å². The number of rotatable bonds is 4. The van der Waals surface area contributed by atoms with Crippen molar-refractivity contribution in [3.8, 4) is 0 Å². The molecule has 0 amide bonds. The number of hydrogen-bond acceptors (Lipinski definition) is 5. The van der Waals surface area contributed by atoms with Gasteiger partial charge in [-0.25, -0.2) is 4.68 Å². The van der Waals surface area contributed by atoms with Gasteiger partial charge in [0, 0.05) is 18.4 Å². The van der Waals surface area contributed by atoms with Gasteiger partial charge in [0.2, 0.25) is 0 Å². The molecule has 0 saturated heterocycles. The highest BCUT2D eigenvalue weighted by Crippen LogP contribution is 2.65. The first-order chi connectivity index (χ1) is 14.4. The molecule has 5 rings (SSSR count). The molecule has 0 radical (unpaired) electrons. The Morgan fingerprint density at radius 2 is 1.90 bits per heavy atom. The van der Waals surface area contributed by atoms with Crippen LogP contribution in [0.1, 0.15) is 71.0 Å². The number of aryl methyl sites for hydroxylation is 1. The second-order valence-electron chi connectivity index (χ2n) is 11.2. The first-order valence-corrected chi connectivity index (χ1v) is 12.2. The van der Waals surface area contributed by atoms with E-state index in [1.54, 1.807) is 4.68 Å². The topological polar surface area (TPSA) is 69.9 Å². The van der Waals surface area contributed by atoms with E-state index in [0.29, 0.717) is 18.3 Å². The predicted molar refractivity (Wildman–Crippen MR) is 114 cm³/mol. The summed E-state index contributed by atoms with van der Waals surface area (Å²) in [7, 11) is 1.88. The van der Waals surface area contributed by atoms with Gasteiger partial charge in [0.25, 0.3) is 0 Å². The van der Waals surface area contributed by atoms with Gasteiger partial charge in [-0.1, -0.05) is 20.3 Å². The predicted octanol–water partition coefficient (Wildman–Crippen LogP) is 4.08. The van der Waals surface area contributed by atoms with Crippen LogP contribution in [0.25, 0.3) is 0 Å². The lowest BCUT2D eigenvalue weighted by Gasteiger charge is -2.58. The number of ether oxygens (including phenoxy) is 1. The summed E-state index contributed by atoms with van der Waals surface area (Å²) in [5.41, 5.74) is -0.0519. The number of carbonyl (C=O) groups is 1. The molecule has 1 aromatic rings. The number of aromatic nitrogens is 4. The fraction of sp³-hybridized carbons (Fsp3) is 0.917. The van der Waals surface area contributed by atoms with Gasteiger partial charge in [-0.15, -0.1) is 5.10 Å². The minimum Gasteiger partial charge on any atom is -0.381 e. The Bertz CT molecular complexity index is 794. The lowest BCUT2D eigenvalue weighted by atomic mass is 9.48. The number of Topliss-reactive ketones (excluding diaryl/α,β-unsaturated/α-hetero) is 1. The van der Waals surface area contributed by atoms with Crippen LogP contribution in [0, 0.1) is 53.8 Å². The third kappa shape index (κ3) is 3.08. The summed E-state index contributed by atoms with van der Waals surface area (Å²) in [4.78, 5) is 13.4. The second kappa shape index (κ2) is 7.68. The van der Waals surface area contributed by atoms with Crippen LogP contribution in [0.2, 0.25) is 0 Å². The molecule has 0 aliphatic heterocycles. The SMILES string of the molecule is COC1CC2C3CCC(C)CC3CCC2C2CCC(C(=O)Cn3nnnc3C)C12C. The maximum atomic E-state index is 13.4. The Kier molecular flexibility index (Phi) is 5.27. The van der Waals surface area contributed by atoms with Crippen LogP contribution in [-0.2, 0) is 16.1 Å². The molecule has 30 heavy (non-hydrogen) atoms. The van der Waals surface area contributed by atoms with Gasteiger partial charge in [0.1, 0.15) is 12.4 Å². The van der Waals surface area contributed by atoms with Crippen molar-refractivity contribution in [2.75, 3.05) is 7.11 Å². The molecule has 166 valence electrons. The van der Waals surface area contributed by atoms with E-state index in [-0.39, 0.29) is 23.2 Å². The minimum atomic E-state index is -0.0519. The van der Waals surface area contributed by atoms with Gasteiger partial charge in [0.15, 0.2) is 5.78 Å². The Labute approximate surface area is 180 Å². The highest BCUT2D eigenvalue weighted by molar-refractivity contribution is 5.82. The lowest BCUT2D eigenvalue weighted by Crippen LogP contribution is -2.56. The molecular formula is C24H38N4O2. The highest BCUT2D eigenvalue weighted by atomic mass is 16.5. The van der Waals surface area contributed by atoms with Crippen LogP contribution in [0.3, 0.4) is 0 Å². The fourth-order valence-electron chi connectivity index (χ4n) is 8.58. The van der Waals surface area contributed by atoms with Crippen molar-refractivity contribution in [1.29, 1.82) is 0 Å². The zero-order valence-electron chi connectivity index (χ0n) is 19.1. The molecule has 4 saturated carbocycles. The average Bonchev–Trinajstić information content (AvgIpc) is 3.29. The average molecular weight is 415 g/mol. The van der Waals surface area contributed by atoms with Crippen LogP contribution >= 0.6 is 0 Å². The van der Waals surface area contributed by atoms with E-state index in [1.165, 1.54) is 38.5 Å². The monoisotopic (exact) mass is 414 g/mol. The van der Waals surface area contributed by atoms with Crippen molar-refractivity contribution in [1.82, 2.24) is 20.2 Å². The molecule has 0 spiro atoms. The van der Waals surface area contributed by atoms with Gasteiger partial charge < -0.3 is 4.74 Å². The summed E-state index contributed by atoms with van der Waals surface area (Å²) in [6.45, 7) is 6.97. The number of nitrogens with zero attached hydrogens (tertiary/aromatic N) is 4. The van der Waals surface area contributed by atoms with Crippen molar-refractivity contribution in [3.05, 3.63) is 5.82 Å². The molecule has 4 aliphatic carbocycles. The van der Waals surface area contributed by atoms with Crippen molar-refractivity contribution in [2.45, 2.75) is 84.8 Å². The molecule has 1 heterocycles. The molecule has 4 fully saturated rings. The summed E-state index contributed by atoms with van der Waals surface area (Å²) in [5.74, 6) is 5.97. The lowest BCUT2D eigenvalue weighted by molar-refractivity contribution is -0.160. The van der Waals surface area contributed by atoms with E-state index < -0.39 is 0 Å². The second-order valence-corrected chi connectivity index (χ2v) is 11.2. The molecule has 0 aromatic carbocycles. The Morgan fingerprint density at radius 3 is 2.63 bits per heavy atom. The van der Waals surface area contributed by atoms with E-state index in [0.717, 1.165) is 42.4 Å². The fourth-order valence-corrected chi connectivity index (χ4v) is 8.58. The summed E-state index contributed by atoms with van der Waals surface area (Å²) < 4.78 is 7.85. The number of fused-ring (bicyclic) bond motifs is 5. The van der Waals surface area contributed by atoms with Gasteiger partial charge in [0.05, 0.1) is 6.10 Å². The Morgan fingerprint density at radius 1 is 1.10 bits per heavy atom. The first-order valence-electron chi connectivity index (χ1n) is 12.2. The third-order valence-corrected chi connectivity index (χ3v) is 9.98. The summed E-state index contributed by atoms with van der Waals surface area (Å²) >= 11 is 0. The van der Waals surface area contributed by atoms with Crippen LogP contribution in [-0.4, -0.2) is 39.2 Å². The highest BCUT2D eigenvalue weighted by Gasteiger charge is 2.62. The quantitative estimate of drug-likeness (QED) is 0.742. The molecular weight excluding hydrogens is 376 g/mol. The van der Waals surface area contributed by atoms with Crippen LogP contribution in [0.15, 0.2) is 0 Å². The number of methoxy groups -OCH3 is 1. The van der Waals surface area contributed by atoms with Crippen molar-refractivity contribution in [3.63, 3.8) is 0 Å². The standard InChI is InChI=1S/C24H38N4O2/c1-14-5-7-17-16(11-14)6-8-18-19(17)12-23(30-4)24(3)20(18)9-10-21(24)22(29)13-28-15(2)25-26-27-28/h14,16-21,23H,5-13H2,1-4H3. The number of hydrogen-bond donors (Lipinski definition) is 0. The van der Waals surface area contributed by atoms with Gasteiger partial charge in [-0.05, 0) is 97.8 Å². The largest absolute Gasteiger partial charge is 0.381 e. The smallest absolute Gasteiger partial charge is 0.158 e. The van der Waals surface area contributed by atoms with Gasteiger partial charge in [-0.2, -0.15) is 0 Å². The summed E-state index contributed by atoms with van der Waals surface area (Å²) in [5, 5.41) is 11.7. The molecule has 6 heteroatoms. The van der Waals surface area contributed by atoms with E-state index in [4.69, 9.17) is 4.74 Å². The maximum Gasteiger partial charge on any atom is 0.158 e. The van der Waals surface area contributed by atoms with Crippen LogP contribution in [0.5, 0.6) is 0 Å². The van der Waals surface area contributed by atoms with Crippen molar-refractivity contribution in [2.24, 2.45) is 46.8 Å². The Balaban J connectivity index is 1.40. The zero-order chi connectivity index (χ0) is 21.0. The Hall–Kier alpha value is -1.30. The summed E-state index contributed by atoms with van der Waals surface area (Å²) in [6.07, 6.45) is 10.5. The molecule has 9 atom stereocenters. The first kappa shape index (κ1) is 20.6. The molecule has 0 bridgehead atoms. The van der Waals surface area contributed by atoms with Crippen molar-refractivity contribution < 1.29 is 9.53 Å². The minimum absolute atomic E-state index is 0.0519. The maximum absolute atomic E-state index is 13.4. The number of ketones is 1. The summed E-state index contributed by atoms with van der Waals surface area (Å²) in [6, 6.07) is 0. The van der Waals surface area contributed by atoms with Crippen LogP contribution < -0.4 is 0 Å². The normalized spacial score (nSPS) is 45.5. The number of tetrazole rings is 1. The van der Waals surface area contributed by atoms with Crippen molar-refractivity contribution >= 4 is 5.78 Å². The van der Waals surface area contributed by atoms with Gasteiger partial charge >= 0.3 is 0 Å². The van der Waals surface area contributed by atoms with Gasteiger partial charge in [-0.3, -0.25) is 4.79 Å². The zero-order valence-corrected chi connectivity index (χ0v) is 19.1. The molecule has 1 aromatic heterocycles. The third-order valence-electron chi connectivity index (χ3n) is 9.98. The number of carbonyl (C=O) groups excluding carboxylic acids is 1. The van der Waals surface area contributed by atoms with E-state index in [1.807, 2.05) is 14.0 Å². The molecule has 9 unspecified atom stereocenters. The van der Waals surface area contributed by atoms with Crippen LogP contribution in [0.4, 0.5) is 0 Å². The van der Waals surface area contributed by atoms with E-state index >= 15 is 0 Å². The molecule has 4 aliphatic rings. The molecule has 0 N–H and O–H groups in total. The van der Waals surface area contributed by atoms with E-state index in [2.05, 4.69) is 29.4 Å².